The number of rotatable bonds is 9. The van der Waals surface area contributed by atoms with E-state index in [1.807, 2.05) is 32.8 Å². The average Bonchev–Trinajstić information content (AvgIpc) is 3.55. The van der Waals surface area contributed by atoms with E-state index < -0.39 is 51.4 Å². The Hall–Kier alpha value is -2.02. The highest BCUT2D eigenvalue weighted by Crippen LogP contribution is 2.38. The van der Waals surface area contributed by atoms with Crippen LogP contribution >= 0.6 is 0 Å². The van der Waals surface area contributed by atoms with E-state index in [-0.39, 0.29) is 41.5 Å². The number of nitrogens with zero attached hydrogens (tertiary/aromatic N) is 6. The molecule has 1 aromatic heterocycles. The van der Waals surface area contributed by atoms with Crippen LogP contribution in [-0.2, 0) is 45.6 Å². The zero-order valence-electron chi connectivity index (χ0n) is 33.1. The van der Waals surface area contributed by atoms with Crippen molar-refractivity contribution in [1.82, 2.24) is 28.6 Å². The van der Waals surface area contributed by atoms with Crippen LogP contribution in [0.2, 0.25) is 0 Å². The van der Waals surface area contributed by atoms with Crippen molar-refractivity contribution in [3.05, 3.63) is 12.5 Å². The van der Waals surface area contributed by atoms with Crippen molar-refractivity contribution < 1.29 is 42.1 Å². The van der Waals surface area contributed by atoms with Gasteiger partial charge in [0.1, 0.15) is 18.1 Å². The van der Waals surface area contributed by atoms with Crippen LogP contribution in [0.4, 0.5) is 0 Å². The first-order valence-corrected chi connectivity index (χ1v) is 20.1. The molecule has 0 saturated carbocycles. The predicted octanol–water partition coefficient (Wildman–Crippen LogP) is 1.45. The number of aryl methyl sites for hydroxylation is 1. The summed E-state index contributed by atoms with van der Waals surface area (Å²) in [5.74, 6) is -1.74. The maximum atomic E-state index is 14.3. The molecule has 0 amide bonds. The van der Waals surface area contributed by atoms with Gasteiger partial charge in [0.05, 0.1) is 30.2 Å². The van der Waals surface area contributed by atoms with Crippen LogP contribution in [0.15, 0.2) is 17.6 Å². The number of ketones is 1. The number of imidazole rings is 1. The number of carbonyl (C=O) groups is 2. The summed E-state index contributed by atoms with van der Waals surface area (Å²) in [6.07, 6.45) is 1.09. The summed E-state index contributed by atoms with van der Waals surface area (Å²) in [7, 11) is 3.45. The molecule has 52 heavy (non-hydrogen) atoms. The number of sulfonamides is 1. The standard InChI is InChI=1S/C36H64N6O9S/c1-12-41-19-24(2)18-36(7,48-11)32(51-33-30(43)28(38(8)9)17-25(3)50-33)26(4)31(44)35(5,6)34(45)49-22-27(41)20-40-13-15-42(16-14-40)52(46,47)29-21-39(10)23-37-29/h21,23-28,30,32-33,43H,12-20,22H2,1-11H3/t24-,25-,26+,27+,28+,30-,32-,33+,36-/m1/s1. The zero-order chi connectivity index (χ0) is 38.8. The normalized spacial score (nSPS) is 35.5. The second-order valence-electron chi connectivity index (χ2n) is 16.2. The van der Waals surface area contributed by atoms with Gasteiger partial charge in [0.2, 0.25) is 0 Å². The molecule has 4 rings (SSSR count). The van der Waals surface area contributed by atoms with Crippen LogP contribution in [0, 0.1) is 17.3 Å². The number of hydrogen-bond acceptors (Lipinski definition) is 13. The molecule has 0 bridgehead atoms. The third-order valence-electron chi connectivity index (χ3n) is 11.3. The maximum Gasteiger partial charge on any atom is 0.319 e. The number of aliphatic hydroxyl groups excluding tert-OH is 1. The third-order valence-corrected chi connectivity index (χ3v) is 13.1. The molecule has 9 atom stereocenters. The Morgan fingerprint density at radius 3 is 2.31 bits per heavy atom. The minimum atomic E-state index is -3.70. The van der Waals surface area contributed by atoms with Crippen molar-refractivity contribution >= 4 is 21.8 Å². The van der Waals surface area contributed by atoms with Crippen LogP contribution in [0.1, 0.15) is 61.3 Å². The predicted molar refractivity (Wildman–Crippen MR) is 195 cm³/mol. The van der Waals surface area contributed by atoms with Crippen LogP contribution in [-0.4, -0.2) is 170 Å². The monoisotopic (exact) mass is 756 g/mol. The topological polar surface area (TPSA) is 156 Å². The fourth-order valence-electron chi connectivity index (χ4n) is 8.14. The van der Waals surface area contributed by atoms with E-state index in [9.17, 15) is 23.1 Å². The van der Waals surface area contributed by atoms with E-state index in [1.165, 1.54) is 16.8 Å². The van der Waals surface area contributed by atoms with Gasteiger partial charge in [-0.05, 0) is 67.1 Å². The highest BCUT2D eigenvalue weighted by atomic mass is 32.2. The van der Waals surface area contributed by atoms with Crippen molar-refractivity contribution in [3.8, 4) is 0 Å². The molecule has 0 unspecified atom stereocenters. The molecular formula is C36H64N6O9S. The first-order valence-electron chi connectivity index (χ1n) is 18.6. The van der Waals surface area contributed by atoms with E-state index in [0.29, 0.717) is 58.7 Å². The van der Waals surface area contributed by atoms with Crippen molar-refractivity contribution in [3.63, 3.8) is 0 Å². The van der Waals surface area contributed by atoms with Crippen molar-refractivity contribution in [1.29, 1.82) is 0 Å². The molecule has 0 radical (unpaired) electrons. The van der Waals surface area contributed by atoms with E-state index in [0.717, 1.165) is 0 Å². The number of aromatic nitrogens is 2. The van der Waals surface area contributed by atoms with Crippen molar-refractivity contribution in [2.75, 3.05) is 73.6 Å². The smallest absolute Gasteiger partial charge is 0.319 e. The van der Waals surface area contributed by atoms with E-state index >= 15 is 0 Å². The first-order chi connectivity index (χ1) is 24.2. The number of esters is 1. The van der Waals surface area contributed by atoms with Crippen LogP contribution < -0.4 is 0 Å². The van der Waals surface area contributed by atoms with E-state index in [1.54, 1.807) is 39.5 Å². The summed E-state index contributed by atoms with van der Waals surface area (Å²) < 4.78 is 54.6. The molecule has 298 valence electrons. The van der Waals surface area contributed by atoms with Gasteiger partial charge in [-0.3, -0.25) is 19.4 Å². The Morgan fingerprint density at radius 2 is 1.75 bits per heavy atom. The number of ether oxygens (including phenoxy) is 4. The minimum absolute atomic E-state index is 0.0358. The molecule has 3 aliphatic rings. The van der Waals surface area contributed by atoms with Crippen molar-refractivity contribution in [2.24, 2.45) is 24.3 Å². The van der Waals surface area contributed by atoms with E-state index in [4.69, 9.17) is 18.9 Å². The molecule has 16 heteroatoms. The molecule has 4 heterocycles. The van der Waals surface area contributed by atoms with Crippen LogP contribution in [0.3, 0.4) is 0 Å². The lowest BCUT2D eigenvalue weighted by Gasteiger charge is -2.47. The van der Waals surface area contributed by atoms with Gasteiger partial charge in [0, 0.05) is 71.6 Å². The number of likely N-dealkylation sites (N-methyl/N-ethyl adjacent to an activating group) is 2. The van der Waals surface area contributed by atoms with Gasteiger partial charge >= 0.3 is 5.97 Å². The summed E-state index contributed by atoms with van der Waals surface area (Å²) >= 11 is 0. The molecule has 3 saturated heterocycles. The van der Waals surface area contributed by atoms with Gasteiger partial charge in [-0.25, -0.2) is 13.4 Å². The fraction of sp³-hybridized carbons (Fsp3) is 0.861. The lowest BCUT2D eigenvalue weighted by atomic mass is 9.74. The zero-order valence-corrected chi connectivity index (χ0v) is 34.0. The van der Waals surface area contributed by atoms with Gasteiger partial charge in [-0.15, -0.1) is 0 Å². The third kappa shape index (κ3) is 9.43. The Kier molecular flexibility index (Phi) is 14.1. The highest BCUT2D eigenvalue weighted by molar-refractivity contribution is 7.89. The number of hydrogen-bond donors (Lipinski definition) is 1. The summed E-state index contributed by atoms with van der Waals surface area (Å²) in [4.78, 5) is 38.7. The minimum Gasteiger partial charge on any atom is -0.463 e. The van der Waals surface area contributed by atoms with Crippen LogP contribution in [0.5, 0.6) is 0 Å². The summed E-state index contributed by atoms with van der Waals surface area (Å²) in [5, 5.41) is 11.4. The Balaban J connectivity index is 1.58. The van der Waals surface area contributed by atoms with Gasteiger partial charge in [0.25, 0.3) is 10.0 Å². The largest absolute Gasteiger partial charge is 0.463 e. The lowest BCUT2D eigenvalue weighted by Crippen LogP contribution is -2.59. The highest BCUT2D eigenvalue weighted by Gasteiger charge is 2.51. The molecule has 0 spiro atoms. The van der Waals surface area contributed by atoms with Gasteiger partial charge in [-0.1, -0.05) is 20.8 Å². The number of Topliss-reactive ketones (excluding diaryl/α,β-unsaturated/α-hetero) is 1. The number of cyclic esters (lactones) is 1. The number of carbonyl (C=O) groups excluding carboxylic acids is 2. The molecular weight excluding hydrogens is 692 g/mol. The molecule has 3 aliphatic heterocycles. The Morgan fingerprint density at radius 1 is 1.10 bits per heavy atom. The van der Waals surface area contributed by atoms with E-state index in [2.05, 4.69) is 28.6 Å². The van der Waals surface area contributed by atoms with Crippen LogP contribution in [0.25, 0.3) is 0 Å². The molecule has 15 nitrogen and oxygen atoms in total. The number of methoxy groups -OCH3 is 1. The summed E-state index contributed by atoms with van der Waals surface area (Å²) in [5.41, 5.74) is -2.50. The molecule has 0 aromatic carbocycles. The fourth-order valence-corrected chi connectivity index (χ4v) is 9.53. The van der Waals surface area contributed by atoms with Crippen molar-refractivity contribution in [2.45, 2.75) is 109 Å². The first kappa shape index (κ1) is 42.7. The molecule has 1 N–H and O–H groups in total. The molecule has 3 fully saturated rings. The van der Waals surface area contributed by atoms with Gasteiger partial charge in [-0.2, -0.15) is 4.31 Å². The Bertz CT molecular complexity index is 1470. The lowest BCUT2D eigenvalue weighted by molar-refractivity contribution is -0.295. The number of aliphatic hydroxyl groups is 1. The molecule has 0 aliphatic carbocycles. The second kappa shape index (κ2) is 17.2. The van der Waals surface area contributed by atoms with Gasteiger partial charge in [0.15, 0.2) is 17.1 Å². The SMILES string of the molecule is CCN1C[C@H](C)C[C@@](C)(OC)[C@H](O[C@@H]2O[C@H](C)C[C@H](N(C)C)[C@H]2O)[C@@H](C)C(=O)C(C)(C)C(=O)OC[C@@H]1CN1CCN(S(=O)(=O)c2cn(C)cn2)CC1. The number of piperazine rings is 1. The average molecular weight is 757 g/mol. The second-order valence-corrected chi connectivity index (χ2v) is 18.0. The quantitative estimate of drug-likeness (QED) is 0.286. The van der Waals surface area contributed by atoms with Gasteiger partial charge < -0.3 is 33.5 Å². The molecule has 1 aromatic rings. The summed E-state index contributed by atoms with van der Waals surface area (Å²) in [6.45, 7) is 16.6. The Labute approximate surface area is 310 Å². The summed E-state index contributed by atoms with van der Waals surface area (Å²) in [6, 6.07) is -0.424. The maximum absolute atomic E-state index is 14.3.